The molecule has 0 amide bonds. The fraction of sp³-hybridized carbons (Fsp3) is 0.438. The average Bonchev–Trinajstić information content (AvgIpc) is 2.73. The van der Waals surface area contributed by atoms with Crippen molar-refractivity contribution in [1.29, 1.82) is 0 Å². The number of imidazole rings is 1. The number of hydrogen-bond acceptors (Lipinski definition) is 2. The van der Waals surface area contributed by atoms with E-state index in [0.29, 0.717) is 6.04 Å². The molecule has 0 radical (unpaired) electrons. The van der Waals surface area contributed by atoms with Crippen LogP contribution in [-0.2, 0) is 6.42 Å². The van der Waals surface area contributed by atoms with Crippen molar-refractivity contribution in [1.82, 2.24) is 9.55 Å². The maximum absolute atomic E-state index is 4.54. The highest BCUT2D eigenvalue weighted by atomic mass is 15.2. The molecular weight excluding hydrogens is 234 g/mol. The molecule has 0 aliphatic carbocycles. The minimum absolute atomic E-state index is 0.406. The monoisotopic (exact) mass is 257 g/mol. The van der Waals surface area contributed by atoms with Gasteiger partial charge in [0.1, 0.15) is 0 Å². The highest BCUT2D eigenvalue weighted by Crippen LogP contribution is 2.20. The van der Waals surface area contributed by atoms with Gasteiger partial charge in [0, 0.05) is 17.9 Å². The average molecular weight is 257 g/mol. The first-order valence-corrected chi connectivity index (χ1v) is 7.01. The second-order valence-corrected chi connectivity index (χ2v) is 5.28. The zero-order valence-corrected chi connectivity index (χ0v) is 12.3. The van der Waals surface area contributed by atoms with E-state index in [4.69, 9.17) is 0 Å². The Kier molecular flexibility index (Phi) is 4.25. The standard InChI is InChI=1S/C16H23N3/c1-5-6-14-7-9-15(10-8-14)18-16-17-13(4)11-19(16)12(2)3/h7-12H,5-6H2,1-4H3,(H,17,18). The van der Waals surface area contributed by atoms with Crippen molar-refractivity contribution >= 4 is 11.6 Å². The molecule has 19 heavy (non-hydrogen) atoms. The molecule has 0 saturated heterocycles. The van der Waals surface area contributed by atoms with Crippen LogP contribution in [0.15, 0.2) is 30.5 Å². The van der Waals surface area contributed by atoms with Crippen LogP contribution in [0.1, 0.15) is 44.5 Å². The van der Waals surface area contributed by atoms with Gasteiger partial charge < -0.3 is 9.88 Å². The molecule has 0 fully saturated rings. The van der Waals surface area contributed by atoms with E-state index in [9.17, 15) is 0 Å². The number of aromatic nitrogens is 2. The summed E-state index contributed by atoms with van der Waals surface area (Å²) in [5.74, 6) is 0.913. The van der Waals surface area contributed by atoms with Crippen molar-refractivity contribution in [3.05, 3.63) is 41.7 Å². The van der Waals surface area contributed by atoms with Crippen molar-refractivity contribution in [2.45, 2.75) is 46.6 Å². The lowest BCUT2D eigenvalue weighted by atomic mass is 10.1. The molecule has 2 rings (SSSR count). The lowest BCUT2D eigenvalue weighted by Gasteiger charge is -2.13. The number of nitrogens with one attached hydrogen (secondary N) is 1. The van der Waals surface area contributed by atoms with Crippen LogP contribution < -0.4 is 5.32 Å². The molecular formula is C16H23N3. The molecule has 0 atom stereocenters. The van der Waals surface area contributed by atoms with Gasteiger partial charge in [-0.05, 0) is 44.9 Å². The van der Waals surface area contributed by atoms with E-state index < -0.39 is 0 Å². The van der Waals surface area contributed by atoms with E-state index >= 15 is 0 Å². The van der Waals surface area contributed by atoms with Crippen LogP contribution in [0, 0.1) is 6.92 Å². The van der Waals surface area contributed by atoms with Crippen LogP contribution in [0.2, 0.25) is 0 Å². The molecule has 0 bridgehead atoms. The molecule has 0 aliphatic rings. The fourth-order valence-electron chi connectivity index (χ4n) is 2.17. The van der Waals surface area contributed by atoms with E-state index in [1.165, 1.54) is 12.0 Å². The molecule has 102 valence electrons. The van der Waals surface area contributed by atoms with E-state index in [1.54, 1.807) is 0 Å². The Morgan fingerprint density at radius 3 is 2.47 bits per heavy atom. The van der Waals surface area contributed by atoms with Crippen LogP contribution >= 0.6 is 0 Å². The van der Waals surface area contributed by atoms with Gasteiger partial charge in [-0.1, -0.05) is 25.5 Å². The number of nitrogens with zero attached hydrogens (tertiary/aromatic N) is 2. The summed E-state index contributed by atoms with van der Waals surface area (Å²) in [6.45, 7) is 8.55. The Morgan fingerprint density at radius 1 is 1.21 bits per heavy atom. The third-order valence-corrected chi connectivity index (χ3v) is 3.16. The Bertz CT molecular complexity index is 523. The van der Waals surface area contributed by atoms with Crippen molar-refractivity contribution in [3.63, 3.8) is 0 Å². The first-order valence-electron chi connectivity index (χ1n) is 7.01. The molecule has 2 aromatic rings. The lowest BCUT2D eigenvalue weighted by Crippen LogP contribution is -2.05. The summed E-state index contributed by atoms with van der Waals surface area (Å²) in [5.41, 5.74) is 3.52. The molecule has 1 aromatic carbocycles. The minimum Gasteiger partial charge on any atom is -0.326 e. The first-order chi connectivity index (χ1) is 9.10. The zero-order chi connectivity index (χ0) is 13.8. The van der Waals surface area contributed by atoms with Gasteiger partial charge in [0.2, 0.25) is 5.95 Å². The van der Waals surface area contributed by atoms with Gasteiger partial charge in [0.05, 0.1) is 5.69 Å². The Balaban J connectivity index is 2.16. The quantitative estimate of drug-likeness (QED) is 0.856. The second-order valence-electron chi connectivity index (χ2n) is 5.28. The highest BCUT2D eigenvalue weighted by molar-refractivity contribution is 5.54. The van der Waals surface area contributed by atoms with E-state index in [2.05, 4.69) is 66.1 Å². The normalized spacial score (nSPS) is 11.0. The molecule has 3 heteroatoms. The fourth-order valence-corrected chi connectivity index (χ4v) is 2.17. The minimum atomic E-state index is 0.406. The van der Waals surface area contributed by atoms with Crippen LogP contribution in [0.5, 0.6) is 0 Å². The van der Waals surface area contributed by atoms with Gasteiger partial charge in [-0.2, -0.15) is 0 Å². The van der Waals surface area contributed by atoms with Gasteiger partial charge in [-0.15, -0.1) is 0 Å². The van der Waals surface area contributed by atoms with Gasteiger partial charge in [0.15, 0.2) is 0 Å². The van der Waals surface area contributed by atoms with E-state index in [-0.39, 0.29) is 0 Å². The predicted molar refractivity (Wildman–Crippen MR) is 81.1 cm³/mol. The maximum Gasteiger partial charge on any atom is 0.207 e. The molecule has 1 heterocycles. The first kappa shape index (κ1) is 13.7. The van der Waals surface area contributed by atoms with Crippen LogP contribution in [0.25, 0.3) is 0 Å². The molecule has 1 aromatic heterocycles. The largest absolute Gasteiger partial charge is 0.326 e. The third kappa shape index (κ3) is 3.37. The summed E-state index contributed by atoms with van der Waals surface area (Å²) in [4.78, 5) is 4.54. The van der Waals surface area contributed by atoms with E-state index in [0.717, 1.165) is 23.8 Å². The Morgan fingerprint density at radius 2 is 1.89 bits per heavy atom. The predicted octanol–water partition coefficient (Wildman–Crippen LogP) is 4.47. The second kappa shape index (κ2) is 5.91. The van der Waals surface area contributed by atoms with Crippen molar-refractivity contribution < 1.29 is 0 Å². The SMILES string of the molecule is CCCc1ccc(Nc2nc(C)cn2C(C)C)cc1. The molecule has 1 N–H and O–H groups in total. The Hall–Kier alpha value is -1.77. The number of rotatable bonds is 5. The maximum atomic E-state index is 4.54. The highest BCUT2D eigenvalue weighted by Gasteiger charge is 2.08. The smallest absolute Gasteiger partial charge is 0.207 e. The number of anilines is 2. The van der Waals surface area contributed by atoms with Crippen molar-refractivity contribution in [2.24, 2.45) is 0 Å². The van der Waals surface area contributed by atoms with Gasteiger partial charge in [-0.3, -0.25) is 0 Å². The van der Waals surface area contributed by atoms with Gasteiger partial charge in [0.25, 0.3) is 0 Å². The van der Waals surface area contributed by atoms with Crippen molar-refractivity contribution in [3.8, 4) is 0 Å². The van der Waals surface area contributed by atoms with Crippen LogP contribution in [0.4, 0.5) is 11.6 Å². The lowest BCUT2D eigenvalue weighted by molar-refractivity contribution is 0.607. The van der Waals surface area contributed by atoms with Crippen LogP contribution in [-0.4, -0.2) is 9.55 Å². The summed E-state index contributed by atoms with van der Waals surface area (Å²) >= 11 is 0. The Labute approximate surface area is 115 Å². The molecule has 0 spiro atoms. The van der Waals surface area contributed by atoms with Gasteiger partial charge in [-0.25, -0.2) is 4.98 Å². The number of hydrogen-bond donors (Lipinski definition) is 1. The number of benzene rings is 1. The topological polar surface area (TPSA) is 29.9 Å². The third-order valence-electron chi connectivity index (χ3n) is 3.16. The summed E-state index contributed by atoms with van der Waals surface area (Å²) in [6.07, 6.45) is 4.40. The molecule has 0 saturated carbocycles. The molecule has 3 nitrogen and oxygen atoms in total. The summed E-state index contributed by atoms with van der Waals surface area (Å²) in [5, 5.41) is 3.40. The number of aryl methyl sites for hydroxylation is 2. The summed E-state index contributed by atoms with van der Waals surface area (Å²) in [7, 11) is 0. The van der Waals surface area contributed by atoms with Gasteiger partial charge >= 0.3 is 0 Å². The zero-order valence-electron chi connectivity index (χ0n) is 12.3. The molecule has 0 aliphatic heterocycles. The summed E-state index contributed by atoms with van der Waals surface area (Å²) < 4.78 is 2.16. The summed E-state index contributed by atoms with van der Waals surface area (Å²) in [6, 6.07) is 9.02. The molecule has 0 unspecified atom stereocenters. The van der Waals surface area contributed by atoms with E-state index in [1.807, 2.05) is 6.92 Å². The van der Waals surface area contributed by atoms with Crippen LogP contribution in [0.3, 0.4) is 0 Å². The van der Waals surface area contributed by atoms with Crippen molar-refractivity contribution in [2.75, 3.05) is 5.32 Å².